The lowest BCUT2D eigenvalue weighted by atomic mass is 9.94. The third-order valence-corrected chi connectivity index (χ3v) is 8.85. The lowest BCUT2D eigenvalue weighted by Gasteiger charge is -2.35. The second-order valence-electron chi connectivity index (χ2n) is 10.5. The Bertz CT molecular complexity index is 1450. The van der Waals surface area contributed by atoms with E-state index in [9.17, 15) is 18.0 Å². The highest BCUT2D eigenvalue weighted by molar-refractivity contribution is 7.92. The molecule has 2 amide bonds. The molecule has 4 rings (SSSR count). The Morgan fingerprint density at radius 3 is 2.15 bits per heavy atom. The second-order valence-corrected chi connectivity index (χ2v) is 13.2. The molecule has 0 spiro atoms. The van der Waals surface area contributed by atoms with Crippen LogP contribution in [0, 0.1) is 0 Å². The molecule has 0 bridgehead atoms. The van der Waals surface area contributed by atoms with E-state index in [-0.39, 0.29) is 30.6 Å². The van der Waals surface area contributed by atoms with Crippen LogP contribution in [-0.4, -0.2) is 50.0 Å². The summed E-state index contributed by atoms with van der Waals surface area (Å²) in [5.41, 5.74) is 1.88. The summed E-state index contributed by atoms with van der Waals surface area (Å²) < 4.78 is 26.8. The zero-order valence-electron chi connectivity index (χ0n) is 23.0. The number of halogens is 2. The number of nitrogens with zero attached hydrogens (tertiary/aromatic N) is 2. The summed E-state index contributed by atoms with van der Waals surface area (Å²) in [6.45, 7) is -0.427. The van der Waals surface area contributed by atoms with Crippen molar-refractivity contribution in [3.8, 4) is 0 Å². The molecule has 218 valence electrons. The van der Waals surface area contributed by atoms with E-state index in [0.717, 1.165) is 53.8 Å². The van der Waals surface area contributed by atoms with E-state index >= 15 is 0 Å². The van der Waals surface area contributed by atoms with Crippen LogP contribution < -0.4 is 9.62 Å². The van der Waals surface area contributed by atoms with Crippen LogP contribution in [0.3, 0.4) is 0 Å². The molecule has 1 aliphatic carbocycles. The van der Waals surface area contributed by atoms with E-state index in [1.54, 1.807) is 36.4 Å². The van der Waals surface area contributed by atoms with Gasteiger partial charge in [0.05, 0.1) is 11.9 Å². The second kappa shape index (κ2) is 14.2. The molecule has 41 heavy (non-hydrogen) atoms. The summed E-state index contributed by atoms with van der Waals surface area (Å²) in [4.78, 5) is 29.6. The molecule has 1 saturated carbocycles. The largest absolute Gasteiger partial charge is 0.352 e. The van der Waals surface area contributed by atoms with E-state index in [2.05, 4.69) is 5.32 Å². The first-order chi connectivity index (χ1) is 19.6. The van der Waals surface area contributed by atoms with Crippen LogP contribution in [0.15, 0.2) is 78.9 Å². The zero-order chi connectivity index (χ0) is 29.4. The summed E-state index contributed by atoms with van der Waals surface area (Å²) in [7, 11) is -3.86. The number of rotatable bonds is 11. The van der Waals surface area contributed by atoms with Crippen LogP contribution in [0.4, 0.5) is 5.69 Å². The van der Waals surface area contributed by atoms with Crippen molar-refractivity contribution in [1.29, 1.82) is 0 Å². The Kier molecular flexibility index (Phi) is 10.7. The number of anilines is 1. The first kappa shape index (κ1) is 30.9. The first-order valence-electron chi connectivity index (χ1n) is 13.7. The summed E-state index contributed by atoms with van der Waals surface area (Å²) >= 11 is 12.4. The average Bonchev–Trinajstić information content (AvgIpc) is 2.94. The molecular weight excluding hydrogens is 581 g/mol. The fourth-order valence-corrected chi connectivity index (χ4v) is 6.41. The van der Waals surface area contributed by atoms with Crippen LogP contribution in [0.25, 0.3) is 0 Å². The van der Waals surface area contributed by atoms with Gasteiger partial charge in [0.1, 0.15) is 12.6 Å². The quantitative estimate of drug-likeness (QED) is 0.293. The van der Waals surface area contributed by atoms with Crippen molar-refractivity contribution in [2.75, 3.05) is 17.1 Å². The van der Waals surface area contributed by atoms with E-state index < -0.39 is 28.5 Å². The fourth-order valence-electron chi connectivity index (χ4n) is 5.18. The van der Waals surface area contributed by atoms with Crippen LogP contribution >= 0.6 is 23.2 Å². The summed E-state index contributed by atoms with van der Waals surface area (Å²) in [5, 5.41) is 4.03. The number of carbonyl (C=O) groups excluding carboxylic acids is 2. The maximum Gasteiger partial charge on any atom is 0.244 e. The number of carbonyl (C=O) groups is 2. The number of amides is 2. The lowest BCUT2D eigenvalue weighted by Crippen LogP contribution is -2.55. The van der Waals surface area contributed by atoms with Gasteiger partial charge in [-0.25, -0.2) is 8.42 Å². The van der Waals surface area contributed by atoms with Crippen LogP contribution in [-0.2, 0) is 32.6 Å². The highest BCUT2D eigenvalue weighted by Crippen LogP contribution is 2.24. The van der Waals surface area contributed by atoms with E-state index in [1.807, 2.05) is 36.4 Å². The van der Waals surface area contributed by atoms with Gasteiger partial charge in [-0.1, -0.05) is 91.0 Å². The SMILES string of the molecule is CS(=O)(=O)N(CC(=O)N(Cc1cccc(Cl)c1)[C@@H](Cc1ccccc1)C(=O)NC1CCCCC1)c1cccc(Cl)c1. The molecule has 0 unspecified atom stereocenters. The van der Waals surface area contributed by atoms with Crippen LogP contribution in [0.1, 0.15) is 43.2 Å². The maximum atomic E-state index is 14.2. The van der Waals surface area contributed by atoms with Crippen molar-refractivity contribution >= 4 is 50.7 Å². The Labute approximate surface area is 252 Å². The van der Waals surface area contributed by atoms with Crippen molar-refractivity contribution in [1.82, 2.24) is 10.2 Å². The molecule has 1 atom stereocenters. The molecule has 0 aliphatic heterocycles. The number of benzene rings is 3. The Morgan fingerprint density at radius 1 is 0.878 bits per heavy atom. The normalized spacial score (nSPS) is 14.7. The fraction of sp³-hybridized carbons (Fsp3) is 0.355. The standard InChI is InChI=1S/C31H35Cl2N3O4S/c1-41(39,40)36(28-17-9-14-26(33)20-28)22-30(37)35(21-24-12-8-13-25(32)18-24)29(19-23-10-4-2-5-11-23)31(38)34-27-15-6-3-7-16-27/h2,4-5,8-14,17-18,20,27,29H,3,6-7,15-16,19,21-22H2,1H3,(H,34,38)/t29-/m0/s1. The number of sulfonamides is 1. The molecule has 1 N–H and O–H groups in total. The van der Waals surface area contributed by atoms with E-state index in [4.69, 9.17) is 23.2 Å². The van der Waals surface area contributed by atoms with Crippen molar-refractivity contribution in [3.05, 3.63) is 100 Å². The number of nitrogens with one attached hydrogen (secondary N) is 1. The smallest absolute Gasteiger partial charge is 0.244 e. The topological polar surface area (TPSA) is 86.8 Å². The number of hydrogen-bond acceptors (Lipinski definition) is 4. The van der Waals surface area contributed by atoms with Gasteiger partial charge in [-0.15, -0.1) is 0 Å². The van der Waals surface area contributed by atoms with Gasteiger partial charge in [0.25, 0.3) is 0 Å². The minimum atomic E-state index is -3.86. The summed E-state index contributed by atoms with van der Waals surface area (Å²) in [5.74, 6) is -0.778. The lowest BCUT2D eigenvalue weighted by molar-refractivity contribution is -0.140. The van der Waals surface area contributed by atoms with Gasteiger partial charge in [-0.05, 0) is 54.3 Å². The minimum Gasteiger partial charge on any atom is -0.352 e. The van der Waals surface area contributed by atoms with Gasteiger partial charge >= 0.3 is 0 Å². The monoisotopic (exact) mass is 615 g/mol. The number of hydrogen-bond donors (Lipinski definition) is 1. The molecule has 7 nitrogen and oxygen atoms in total. The third-order valence-electron chi connectivity index (χ3n) is 7.24. The molecule has 1 aliphatic rings. The van der Waals surface area contributed by atoms with Gasteiger partial charge < -0.3 is 10.2 Å². The van der Waals surface area contributed by atoms with Gasteiger partial charge in [-0.3, -0.25) is 13.9 Å². The van der Waals surface area contributed by atoms with Crippen molar-refractivity contribution in [3.63, 3.8) is 0 Å². The highest BCUT2D eigenvalue weighted by Gasteiger charge is 2.34. The van der Waals surface area contributed by atoms with Gasteiger partial charge in [-0.2, -0.15) is 0 Å². The molecular formula is C31H35Cl2N3O4S. The Morgan fingerprint density at radius 2 is 1.51 bits per heavy atom. The van der Waals surface area contributed by atoms with E-state index in [1.165, 1.54) is 11.0 Å². The maximum absolute atomic E-state index is 14.2. The van der Waals surface area contributed by atoms with Crippen LogP contribution in [0.5, 0.6) is 0 Å². The zero-order valence-corrected chi connectivity index (χ0v) is 25.3. The average molecular weight is 617 g/mol. The molecule has 0 radical (unpaired) electrons. The molecule has 0 heterocycles. The summed E-state index contributed by atoms with van der Waals surface area (Å²) in [6.07, 6.45) is 6.32. The molecule has 10 heteroatoms. The van der Waals surface area contributed by atoms with Crippen molar-refractivity contribution in [2.45, 2.75) is 57.2 Å². The Balaban J connectivity index is 1.72. The predicted octanol–water partition coefficient (Wildman–Crippen LogP) is 5.85. The summed E-state index contributed by atoms with van der Waals surface area (Å²) in [6, 6.07) is 22.1. The van der Waals surface area contributed by atoms with E-state index in [0.29, 0.717) is 10.0 Å². The van der Waals surface area contributed by atoms with Gasteiger partial charge in [0.15, 0.2) is 0 Å². The van der Waals surface area contributed by atoms with Crippen molar-refractivity contribution < 1.29 is 18.0 Å². The Hall–Kier alpha value is -3.07. The predicted molar refractivity (Wildman–Crippen MR) is 165 cm³/mol. The molecule has 1 fully saturated rings. The highest BCUT2D eigenvalue weighted by atomic mass is 35.5. The van der Waals surface area contributed by atoms with Crippen molar-refractivity contribution in [2.24, 2.45) is 0 Å². The van der Waals surface area contributed by atoms with Gasteiger partial charge in [0, 0.05) is 29.1 Å². The third kappa shape index (κ3) is 8.96. The molecule has 0 aromatic heterocycles. The van der Waals surface area contributed by atoms with Crippen LogP contribution in [0.2, 0.25) is 10.0 Å². The molecule has 3 aromatic carbocycles. The molecule has 0 saturated heterocycles. The van der Waals surface area contributed by atoms with Gasteiger partial charge in [0.2, 0.25) is 21.8 Å². The first-order valence-corrected chi connectivity index (χ1v) is 16.3. The molecule has 3 aromatic rings. The minimum absolute atomic E-state index is 0.0385.